The summed E-state index contributed by atoms with van der Waals surface area (Å²) < 4.78 is 5.85. The van der Waals surface area contributed by atoms with Gasteiger partial charge in [0.15, 0.2) is 0 Å². The third-order valence-corrected chi connectivity index (χ3v) is 8.28. The summed E-state index contributed by atoms with van der Waals surface area (Å²) >= 11 is 15.5. The lowest BCUT2D eigenvalue weighted by atomic mass is 9.99. The number of nitrogens with zero attached hydrogens (tertiary/aromatic N) is 2. The van der Waals surface area contributed by atoms with Gasteiger partial charge in [0.05, 0.1) is 28.5 Å². The minimum Gasteiger partial charge on any atom is -0.374 e. The van der Waals surface area contributed by atoms with Crippen LogP contribution in [0, 0.1) is 5.92 Å². The summed E-state index contributed by atoms with van der Waals surface area (Å²) in [5.41, 5.74) is 1.25. The number of aliphatic imine (C=N–C) groups is 1. The Hall–Kier alpha value is -0.700. The van der Waals surface area contributed by atoms with Crippen LogP contribution in [-0.2, 0) is 9.53 Å². The maximum absolute atomic E-state index is 12.3. The van der Waals surface area contributed by atoms with Crippen LogP contribution in [0.3, 0.4) is 0 Å². The molecule has 4 aliphatic rings. The number of thioether (sulfide) groups is 2. The van der Waals surface area contributed by atoms with Gasteiger partial charge in [0.1, 0.15) is 5.03 Å². The zero-order chi connectivity index (χ0) is 20.9. The Morgan fingerprint density at radius 1 is 1.37 bits per heavy atom. The highest BCUT2D eigenvalue weighted by Gasteiger charge is 2.25. The number of carbonyl (C=O) groups is 1. The minimum atomic E-state index is 0.00291. The van der Waals surface area contributed by atoms with Gasteiger partial charge in [-0.3, -0.25) is 14.7 Å². The second kappa shape index (κ2) is 10.7. The second-order valence-electron chi connectivity index (χ2n) is 7.64. The normalized spacial score (nSPS) is 28.9. The van der Waals surface area contributed by atoms with Crippen LogP contribution in [0.4, 0.5) is 0 Å². The molecule has 0 spiro atoms. The lowest BCUT2D eigenvalue weighted by Gasteiger charge is -2.35. The number of hydrogen-bond donors (Lipinski definition) is 1. The van der Waals surface area contributed by atoms with Gasteiger partial charge in [-0.15, -0.1) is 11.8 Å². The molecule has 30 heavy (non-hydrogen) atoms. The molecule has 0 aromatic rings. The molecule has 0 saturated carbocycles. The molecule has 3 aliphatic heterocycles. The summed E-state index contributed by atoms with van der Waals surface area (Å²) in [6.07, 6.45) is 9.97. The third-order valence-electron chi connectivity index (χ3n) is 5.40. The minimum absolute atomic E-state index is 0.00291. The second-order valence-corrected chi connectivity index (χ2v) is 10.5. The summed E-state index contributed by atoms with van der Waals surface area (Å²) in [6.45, 7) is 3.81. The maximum atomic E-state index is 12.3. The van der Waals surface area contributed by atoms with Crippen molar-refractivity contribution in [1.29, 1.82) is 0 Å². The van der Waals surface area contributed by atoms with Crippen molar-refractivity contribution in [2.45, 2.75) is 24.2 Å². The predicted octanol–water partition coefficient (Wildman–Crippen LogP) is 4.12. The Balaban J connectivity index is 1.19. The Morgan fingerprint density at radius 2 is 2.27 bits per heavy atom. The number of morpholine rings is 1. The molecule has 3 heterocycles. The SMILES string of the molecule is O=C(CSC1=C2C=CSC2CC=N1)NC[C@H]1CN(CC2C=C(Cl)C(Cl)=CC2)CCO1. The standard InChI is InChI=1S/C21H25Cl2N3O2S2/c22-17-2-1-14(9-18(17)23)11-26-6-7-28-15(12-26)10-25-20(27)13-30-21-16-4-8-29-19(16)3-5-24-21/h2,4-5,8-9,14-15,19H,1,3,6-7,10-13H2,(H,25,27)/t14?,15-,19?/m0/s1. The Kier molecular flexibility index (Phi) is 8.06. The van der Waals surface area contributed by atoms with E-state index in [1.165, 1.54) is 17.3 Å². The van der Waals surface area contributed by atoms with E-state index in [9.17, 15) is 4.79 Å². The van der Waals surface area contributed by atoms with E-state index in [0.717, 1.165) is 37.5 Å². The molecule has 1 N–H and O–H groups in total. The maximum Gasteiger partial charge on any atom is 0.230 e. The van der Waals surface area contributed by atoms with Gasteiger partial charge in [0.25, 0.3) is 0 Å². The van der Waals surface area contributed by atoms with Crippen LogP contribution in [0.1, 0.15) is 12.8 Å². The Morgan fingerprint density at radius 3 is 3.13 bits per heavy atom. The lowest BCUT2D eigenvalue weighted by molar-refractivity contribution is -0.119. The number of fused-ring (bicyclic) bond motifs is 1. The predicted molar refractivity (Wildman–Crippen MR) is 128 cm³/mol. The molecule has 3 atom stereocenters. The lowest BCUT2D eigenvalue weighted by Crippen LogP contribution is -2.48. The van der Waals surface area contributed by atoms with E-state index in [-0.39, 0.29) is 12.0 Å². The van der Waals surface area contributed by atoms with Gasteiger partial charge in [-0.1, -0.05) is 47.1 Å². The molecule has 0 aromatic carbocycles. The first-order chi connectivity index (χ1) is 14.6. The van der Waals surface area contributed by atoms with Crippen molar-refractivity contribution >= 4 is 58.8 Å². The van der Waals surface area contributed by atoms with E-state index in [2.05, 4.69) is 26.7 Å². The van der Waals surface area contributed by atoms with Crippen LogP contribution in [-0.4, -0.2) is 66.9 Å². The van der Waals surface area contributed by atoms with Gasteiger partial charge in [0, 0.05) is 37.6 Å². The number of allylic oxidation sites excluding steroid dienone is 4. The van der Waals surface area contributed by atoms with Crippen molar-refractivity contribution in [3.05, 3.63) is 44.3 Å². The van der Waals surface area contributed by atoms with Crippen molar-refractivity contribution in [2.24, 2.45) is 10.9 Å². The van der Waals surface area contributed by atoms with E-state index in [1.54, 1.807) is 0 Å². The summed E-state index contributed by atoms with van der Waals surface area (Å²) in [4.78, 5) is 19.2. The van der Waals surface area contributed by atoms with Gasteiger partial charge >= 0.3 is 0 Å². The fraction of sp³-hybridized carbons (Fsp3) is 0.524. The first-order valence-electron chi connectivity index (χ1n) is 10.1. The van der Waals surface area contributed by atoms with Crippen LogP contribution in [0.25, 0.3) is 0 Å². The largest absolute Gasteiger partial charge is 0.374 e. The number of nitrogens with one attached hydrogen (secondary N) is 1. The fourth-order valence-corrected chi connectivity index (χ4v) is 6.18. The van der Waals surface area contributed by atoms with Crippen molar-refractivity contribution < 1.29 is 9.53 Å². The zero-order valence-electron chi connectivity index (χ0n) is 16.6. The summed E-state index contributed by atoms with van der Waals surface area (Å²) in [6, 6.07) is 0. The van der Waals surface area contributed by atoms with Gasteiger partial charge in [0.2, 0.25) is 5.91 Å². The molecule has 9 heteroatoms. The van der Waals surface area contributed by atoms with Crippen LogP contribution < -0.4 is 5.32 Å². The molecular formula is C21H25Cl2N3O2S2. The molecule has 1 fully saturated rings. The third kappa shape index (κ3) is 5.96. The number of ether oxygens (including phenoxy) is 1. The average Bonchev–Trinajstić information content (AvgIpc) is 3.23. The van der Waals surface area contributed by atoms with E-state index in [0.29, 0.717) is 40.1 Å². The summed E-state index contributed by atoms with van der Waals surface area (Å²) in [5, 5.41) is 7.85. The van der Waals surface area contributed by atoms with Crippen molar-refractivity contribution in [1.82, 2.24) is 10.2 Å². The molecule has 5 nitrogen and oxygen atoms in total. The van der Waals surface area contributed by atoms with E-state index in [4.69, 9.17) is 27.9 Å². The van der Waals surface area contributed by atoms with Gasteiger partial charge in [-0.05, 0) is 35.8 Å². The molecule has 0 bridgehead atoms. The van der Waals surface area contributed by atoms with Crippen LogP contribution >= 0.6 is 46.7 Å². The molecule has 1 aliphatic carbocycles. The number of halogens is 2. The van der Waals surface area contributed by atoms with Gasteiger partial charge in [-0.25, -0.2) is 0 Å². The molecule has 1 saturated heterocycles. The number of rotatable bonds is 7. The molecule has 1 amide bonds. The molecule has 2 unspecified atom stereocenters. The number of hydrogen-bond acceptors (Lipinski definition) is 6. The first kappa shape index (κ1) is 22.5. The van der Waals surface area contributed by atoms with Crippen LogP contribution in [0.2, 0.25) is 0 Å². The number of carbonyl (C=O) groups excluding carboxylic acids is 1. The zero-order valence-corrected chi connectivity index (χ0v) is 19.7. The fourth-order valence-electron chi connectivity index (χ4n) is 3.85. The van der Waals surface area contributed by atoms with E-state index < -0.39 is 0 Å². The van der Waals surface area contributed by atoms with E-state index >= 15 is 0 Å². The average molecular weight is 486 g/mol. The van der Waals surface area contributed by atoms with Crippen molar-refractivity contribution in [3.8, 4) is 0 Å². The summed E-state index contributed by atoms with van der Waals surface area (Å²) in [5.74, 6) is 0.750. The quantitative estimate of drug-likeness (QED) is 0.587. The Labute approximate surface area is 196 Å². The van der Waals surface area contributed by atoms with Crippen molar-refractivity contribution in [2.75, 3.05) is 38.5 Å². The van der Waals surface area contributed by atoms with Gasteiger partial charge in [-0.2, -0.15) is 0 Å². The van der Waals surface area contributed by atoms with Crippen molar-refractivity contribution in [3.63, 3.8) is 0 Å². The molecule has 0 radical (unpaired) electrons. The monoisotopic (exact) mass is 485 g/mol. The molecule has 4 rings (SSSR count). The van der Waals surface area contributed by atoms with Crippen LogP contribution in [0.15, 0.2) is 49.3 Å². The highest BCUT2D eigenvalue weighted by atomic mass is 35.5. The highest BCUT2D eigenvalue weighted by molar-refractivity contribution is 8.04. The molecule has 162 valence electrons. The first-order valence-corrected chi connectivity index (χ1v) is 12.8. The smallest absolute Gasteiger partial charge is 0.230 e. The topological polar surface area (TPSA) is 53.9 Å². The summed E-state index contributed by atoms with van der Waals surface area (Å²) in [7, 11) is 0. The van der Waals surface area contributed by atoms with Crippen LogP contribution in [0.5, 0.6) is 0 Å². The highest BCUT2D eigenvalue weighted by Crippen LogP contribution is 2.39. The van der Waals surface area contributed by atoms with E-state index in [1.807, 2.05) is 30.1 Å². The Bertz CT molecular complexity index is 825. The molecular weight excluding hydrogens is 461 g/mol. The molecule has 0 aromatic heterocycles. The van der Waals surface area contributed by atoms with Gasteiger partial charge < -0.3 is 10.1 Å². The number of amides is 1.